The van der Waals surface area contributed by atoms with Crippen LogP contribution in [0.1, 0.15) is 6.92 Å². The number of anilines is 2. The standard InChI is InChI=1S/C11H11ClN2O/c1-3-6-13-11-5-4-9(7-10(11)12)14-8(2)15/h1,4-5,7,13H,6H2,2H3,(H,14,15). The molecule has 0 unspecified atom stereocenters. The van der Waals surface area contributed by atoms with Crippen molar-refractivity contribution in [2.75, 3.05) is 17.2 Å². The monoisotopic (exact) mass is 222 g/mol. The zero-order valence-electron chi connectivity index (χ0n) is 8.30. The Morgan fingerprint density at radius 1 is 1.60 bits per heavy atom. The Kier molecular flexibility index (Phi) is 4.02. The summed E-state index contributed by atoms with van der Waals surface area (Å²) in [6.07, 6.45) is 5.11. The van der Waals surface area contributed by atoms with Gasteiger partial charge in [-0.25, -0.2) is 0 Å². The van der Waals surface area contributed by atoms with E-state index in [9.17, 15) is 4.79 Å². The third kappa shape index (κ3) is 3.53. The molecule has 1 aromatic rings. The highest BCUT2D eigenvalue weighted by molar-refractivity contribution is 6.33. The average Bonchev–Trinajstić information content (AvgIpc) is 2.15. The molecular weight excluding hydrogens is 212 g/mol. The van der Waals surface area contributed by atoms with E-state index in [1.165, 1.54) is 6.92 Å². The average molecular weight is 223 g/mol. The van der Waals surface area contributed by atoms with Gasteiger partial charge in [-0.05, 0) is 18.2 Å². The van der Waals surface area contributed by atoms with Crippen molar-refractivity contribution in [3.63, 3.8) is 0 Å². The molecule has 3 nitrogen and oxygen atoms in total. The van der Waals surface area contributed by atoms with Crippen molar-refractivity contribution >= 4 is 28.9 Å². The van der Waals surface area contributed by atoms with Crippen molar-refractivity contribution in [3.05, 3.63) is 23.2 Å². The molecule has 0 radical (unpaired) electrons. The van der Waals surface area contributed by atoms with Crippen LogP contribution in [0.25, 0.3) is 0 Å². The van der Waals surface area contributed by atoms with E-state index in [-0.39, 0.29) is 5.91 Å². The van der Waals surface area contributed by atoms with E-state index in [0.717, 1.165) is 5.69 Å². The molecule has 0 bridgehead atoms. The van der Waals surface area contributed by atoms with Gasteiger partial charge in [0.05, 0.1) is 17.3 Å². The minimum Gasteiger partial charge on any atom is -0.373 e. The van der Waals surface area contributed by atoms with E-state index in [4.69, 9.17) is 18.0 Å². The molecular formula is C11H11ClN2O. The van der Waals surface area contributed by atoms with Crippen molar-refractivity contribution in [1.82, 2.24) is 0 Å². The Labute approximate surface area is 93.8 Å². The number of terminal acetylenes is 1. The van der Waals surface area contributed by atoms with Gasteiger partial charge < -0.3 is 10.6 Å². The van der Waals surface area contributed by atoms with Crippen molar-refractivity contribution in [2.24, 2.45) is 0 Å². The Balaban J connectivity index is 2.79. The molecule has 0 saturated carbocycles. The molecule has 0 aliphatic heterocycles. The van der Waals surface area contributed by atoms with E-state index in [1.807, 2.05) is 0 Å². The smallest absolute Gasteiger partial charge is 0.221 e. The van der Waals surface area contributed by atoms with Gasteiger partial charge in [-0.2, -0.15) is 0 Å². The van der Waals surface area contributed by atoms with Crippen molar-refractivity contribution in [1.29, 1.82) is 0 Å². The van der Waals surface area contributed by atoms with Crippen LogP contribution >= 0.6 is 11.6 Å². The lowest BCUT2D eigenvalue weighted by molar-refractivity contribution is -0.114. The van der Waals surface area contributed by atoms with Crippen LogP contribution in [0, 0.1) is 12.3 Å². The second-order valence-corrected chi connectivity index (χ2v) is 3.34. The number of carbonyl (C=O) groups excluding carboxylic acids is 1. The maximum atomic E-state index is 10.8. The summed E-state index contributed by atoms with van der Waals surface area (Å²) < 4.78 is 0. The molecule has 0 aliphatic carbocycles. The number of halogens is 1. The summed E-state index contributed by atoms with van der Waals surface area (Å²) in [6.45, 7) is 1.86. The fourth-order valence-corrected chi connectivity index (χ4v) is 1.33. The predicted molar refractivity (Wildman–Crippen MR) is 63.1 cm³/mol. The molecule has 15 heavy (non-hydrogen) atoms. The van der Waals surface area contributed by atoms with Gasteiger partial charge in [0.15, 0.2) is 0 Å². The van der Waals surface area contributed by atoms with E-state index >= 15 is 0 Å². The van der Waals surface area contributed by atoms with Crippen LogP contribution in [-0.4, -0.2) is 12.5 Å². The topological polar surface area (TPSA) is 41.1 Å². The second kappa shape index (κ2) is 5.28. The second-order valence-electron chi connectivity index (χ2n) is 2.93. The SMILES string of the molecule is C#CCNc1ccc(NC(C)=O)cc1Cl. The maximum absolute atomic E-state index is 10.8. The number of amides is 1. The van der Waals surface area contributed by atoms with E-state index in [0.29, 0.717) is 17.3 Å². The van der Waals surface area contributed by atoms with Gasteiger partial charge >= 0.3 is 0 Å². The third-order valence-corrected chi connectivity index (χ3v) is 1.98. The summed E-state index contributed by atoms with van der Waals surface area (Å²) in [5.41, 5.74) is 1.42. The van der Waals surface area contributed by atoms with Gasteiger partial charge in [0.2, 0.25) is 5.91 Å². The Bertz CT molecular complexity index is 410. The molecule has 4 heteroatoms. The molecule has 1 amide bonds. The van der Waals surface area contributed by atoms with Crippen molar-refractivity contribution in [2.45, 2.75) is 6.92 Å². The lowest BCUT2D eigenvalue weighted by atomic mass is 10.2. The van der Waals surface area contributed by atoms with Crippen LogP contribution in [0.4, 0.5) is 11.4 Å². The minimum atomic E-state index is -0.129. The molecule has 1 aromatic carbocycles. The normalized spacial score (nSPS) is 9.13. The Morgan fingerprint density at radius 2 is 2.33 bits per heavy atom. The maximum Gasteiger partial charge on any atom is 0.221 e. The zero-order valence-corrected chi connectivity index (χ0v) is 9.06. The Morgan fingerprint density at radius 3 is 2.87 bits per heavy atom. The van der Waals surface area contributed by atoms with Crippen molar-refractivity contribution < 1.29 is 4.79 Å². The van der Waals surface area contributed by atoms with Gasteiger partial charge in [-0.15, -0.1) is 6.42 Å². The number of nitrogens with one attached hydrogen (secondary N) is 2. The fraction of sp³-hybridized carbons (Fsp3) is 0.182. The molecule has 0 spiro atoms. The summed E-state index contributed by atoms with van der Waals surface area (Å²) in [5, 5.41) is 6.12. The first-order valence-corrected chi connectivity index (χ1v) is 4.75. The largest absolute Gasteiger partial charge is 0.373 e. The van der Waals surface area contributed by atoms with Crippen LogP contribution in [0.2, 0.25) is 5.02 Å². The summed E-state index contributed by atoms with van der Waals surface area (Å²) in [6, 6.07) is 5.19. The number of hydrogen-bond donors (Lipinski definition) is 2. The molecule has 78 valence electrons. The van der Waals surface area contributed by atoms with Crippen LogP contribution < -0.4 is 10.6 Å². The van der Waals surface area contributed by atoms with Crippen LogP contribution in [0.5, 0.6) is 0 Å². The highest BCUT2D eigenvalue weighted by Crippen LogP contribution is 2.25. The van der Waals surface area contributed by atoms with Gasteiger partial charge in [-0.1, -0.05) is 17.5 Å². The third-order valence-electron chi connectivity index (χ3n) is 1.67. The molecule has 0 saturated heterocycles. The number of carbonyl (C=O) groups is 1. The number of benzene rings is 1. The van der Waals surface area contributed by atoms with E-state index in [2.05, 4.69) is 16.6 Å². The minimum absolute atomic E-state index is 0.129. The van der Waals surface area contributed by atoms with E-state index < -0.39 is 0 Å². The summed E-state index contributed by atoms with van der Waals surface area (Å²) in [4.78, 5) is 10.8. The predicted octanol–water partition coefficient (Wildman–Crippen LogP) is 2.34. The lowest BCUT2D eigenvalue weighted by Crippen LogP contribution is -2.06. The molecule has 1 rings (SSSR count). The lowest BCUT2D eigenvalue weighted by Gasteiger charge is -2.07. The van der Waals surface area contributed by atoms with Crippen LogP contribution in [0.3, 0.4) is 0 Å². The molecule has 0 heterocycles. The van der Waals surface area contributed by atoms with Crippen LogP contribution in [0.15, 0.2) is 18.2 Å². The zero-order chi connectivity index (χ0) is 11.3. The first-order chi connectivity index (χ1) is 7.13. The summed E-state index contributed by atoms with van der Waals surface area (Å²) >= 11 is 5.97. The first-order valence-electron chi connectivity index (χ1n) is 4.38. The van der Waals surface area contributed by atoms with Gasteiger partial charge in [0.1, 0.15) is 0 Å². The van der Waals surface area contributed by atoms with Crippen LogP contribution in [-0.2, 0) is 4.79 Å². The quantitative estimate of drug-likeness (QED) is 0.771. The Hall–Kier alpha value is -1.66. The highest BCUT2D eigenvalue weighted by Gasteiger charge is 2.01. The van der Waals surface area contributed by atoms with E-state index in [1.54, 1.807) is 18.2 Å². The number of rotatable bonds is 3. The molecule has 0 atom stereocenters. The molecule has 0 fully saturated rings. The van der Waals surface area contributed by atoms with Gasteiger partial charge in [0.25, 0.3) is 0 Å². The summed E-state index contributed by atoms with van der Waals surface area (Å²) in [5.74, 6) is 2.32. The molecule has 2 N–H and O–H groups in total. The molecule has 0 aromatic heterocycles. The van der Waals surface area contributed by atoms with Crippen molar-refractivity contribution in [3.8, 4) is 12.3 Å². The van der Waals surface area contributed by atoms with Gasteiger partial charge in [-0.3, -0.25) is 4.79 Å². The number of hydrogen-bond acceptors (Lipinski definition) is 2. The molecule has 0 aliphatic rings. The van der Waals surface area contributed by atoms with Gasteiger partial charge in [0, 0.05) is 12.6 Å². The fourth-order valence-electron chi connectivity index (χ4n) is 1.09. The summed E-state index contributed by atoms with van der Waals surface area (Å²) in [7, 11) is 0. The highest BCUT2D eigenvalue weighted by atomic mass is 35.5. The first kappa shape index (κ1) is 11.4.